The number of anilines is 2. The second-order valence-electron chi connectivity index (χ2n) is 5.18. The molecule has 2 rings (SSSR count). The summed E-state index contributed by atoms with van der Waals surface area (Å²) in [6, 6.07) is 9.73. The molecular formula is C19H21NO6. The van der Waals surface area contributed by atoms with Crippen molar-refractivity contribution in [3.05, 3.63) is 47.5 Å². The number of carbonyl (C=O) groups excluding carboxylic acids is 1. The average molecular weight is 359 g/mol. The van der Waals surface area contributed by atoms with Crippen molar-refractivity contribution >= 4 is 23.3 Å². The van der Waals surface area contributed by atoms with Crippen LogP contribution in [0.2, 0.25) is 0 Å². The maximum absolute atomic E-state index is 12.0. The highest BCUT2D eigenvalue weighted by Gasteiger charge is 2.21. The minimum Gasteiger partial charge on any atom is -0.493 e. The number of aromatic carboxylic acids is 1. The van der Waals surface area contributed by atoms with Crippen molar-refractivity contribution in [3.8, 4) is 11.5 Å². The number of benzene rings is 2. The van der Waals surface area contributed by atoms with Gasteiger partial charge in [0.05, 0.1) is 37.1 Å². The number of nitrogens with one attached hydrogen (secondary N) is 1. The fraction of sp³-hybridized carbons (Fsp3) is 0.263. The van der Waals surface area contributed by atoms with Gasteiger partial charge < -0.3 is 24.6 Å². The van der Waals surface area contributed by atoms with E-state index in [0.29, 0.717) is 23.8 Å². The van der Waals surface area contributed by atoms with E-state index in [4.69, 9.17) is 14.2 Å². The maximum Gasteiger partial charge on any atom is 0.339 e. The van der Waals surface area contributed by atoms with Gasteiger partial charge in [-0.25, -0.2) is 9.59 Å². The number of methoxy groups -OCH3 is 1. The average Bonchev–Trinajstić information content (AvgIpc) is 2.62. The first-order valence-corrected chi connectivity index (χ1v) is 8.13. The minimum absolute atomic E-state index is 0.0112. The summed E-state index contributed by atoms with van der Waals surface area (Å²) in [5.41, 5.74) is 0.705. The van der Waals surface area contributed by atoms with Gasteiger partial charge in [-0.2, -0.15) is 0 Å². The number of carbonyl (C=O) groups is 2. The quantitative estimate of drug-likeness (QED) is 0.694. The molecule has 0 amide bonds. The van der Waals surface area contributed by atoms with Crippen LogP contribution in [0.3, 0.4) is 0 Å². The van der Waals surface area contributed by atoms with Crippen LogP contribution in [0.1, 0.15) is 34.6 Å². The van der Waals surface area contributed by atoms with Gasteiger partial charge in [-0.15, -0.1) is 0 Å². The Bertz CT molecular complexity index is 803. The van der Waals surface area contributed by atoms with E-state index in [1.165, 1.54) is 13.2 Å². The third kappa shape index (κ3) is 4.24. The molecule has 0 fully saturated rings. The van der Waals surface area contributed by atoms with Crippen molar-refractivity contribution in [2.24, 2.45) is 0 Å². The van der Waals surface area contributed by atoms with E-state index >= 15 is 0 Å². The van der Waals surface area contributed by atoms with Crippen LogP contribution in [0.25, 0.3) is 0 Å². The fourth-order valence-corrected chi connectivity index (χ4v) is 2.44. The number of carboxylic acids is 1. The molecule has 0 aliphatic carbocycles. The van der Waals surface area contributed by atoms with Gasteiger partial charge in [0, 0.05) is 11.8 Å². The molecule has 0 unspecified atom stereocenters. The van der Waals surface area contributed by atoms with Gasteiger partial charge >= 0.3 is 11.9 Å². The summed E-state index contributed by atoms with van der Waals surface area (Å²) in [5.74, 6) is -0.817. The molecule has 2 aromatic rings. The van der Waals surface area contributed by atoms with Crippen molar-refractivity contribution in [2.75, 3.05) is 25.6 Å². The van der Waals surface area contributed by atoms with Crippen molar-refractivity contribution in [2.45, 2.75) is 13.8 Å². The largest absolute Gasteiger partial charge is 0.493 e. The summed E-state index contributed by atoms with van der Waals surface area (Å²) in [7, 11) is 1.54. The van der Waals surface area contributed by atoms with Gasteiger partial charge in [0.2, 0.25) is 0 Å². The molecule has 0 aromatic heterocycles. The number of rotatable bonds is 8. The van der Waals surface area contributed by atoms with Gasteiger partial charge in [-0.3, -0.25) is 0 Å². The topological polar surface area (TPSA) is 94.1 Å². The second-order valence-corrected chi connectivity index (χ2v) is 5.18. The lowest BCUT2D eigenvalue weighted by Gasteiger charge is -2.15. The summed E-state index contributed by atoms with van der Waals surface area (Å²) in [6.45, 7) is 4.13. The molecule has 0 radical (unpaired) electrons. The van der Waals surface area contributed by atoms with Gasteiger partial charge in [0.15, 0.2) is 11.5 Å². The Hall–Kier alpha value is -3.22. The minimum atomic E-state index is -1.23. The molecule has 0 spiro atoms. The van der Waals surface area contributed by atoms with Crippen LogP contribution in [-0.4, -0.2) is 37.4 Å². The number of esters is 1. The highest BCUT2D eigenvalue weighted by molar-refractivity contribution is 6.06. The molecular weight excluding hydrogens is 338 g/mol. The summed E-state index contributed by atoms with van der Waals surface area (Å²) >= 11 is 0. The molecule has 0 heterocycles. The number of carboxylic acid groups (broad SMARTS) is 1. The van der Waals surface area contributed by atoms with Crippen LogP contribution in [0, 0.1) is 0 Å². The van der Waals surface area contributed by atoms with E-state index in [1.807, 2.05) is 6.92 Å². The van der Waals surface area contributed by atoms with Crippen LogP contribution < -0.4 is 14.8 Å². The number of ether oxygens (including phenoxy) is 3. The molecule has 138 valence electrons. The third-order valence-corrected chi connectivity index (χ3v) is 3.52. The molecule has 0 saturated heterocycles. The SMILES string of the molecule is CCOC(=O)c1cccc(Nc2ccc(OC)c(OCC)c2)c1C(=O)O. The van der Waals surface area contributed by atoms with E-state index in [1.54, 1.807) is 37.3 Å². The van der Waals surface area contributed by atoms with E-state index in [-0.39, 0.29) is 23.4 Å². The van der Waals surface area contributed by atoms with Crippen LogP contribution in [0.4, 0.5) is 11.4 Å². The van der Waals surface area contributed by atoms with Crippen molar-refractivity contribution in [3.63, 3.8) is 0 Å². The zero-order valence-corrected chi connectivity index (χ0v) is 14.9. The molecule has 26 heavy (non-hydrogen) atoms. The lowest BCUT2D eigenvalue weighted by atomic mass is 10.0. The van der Waals surface area contributed by atoms with Gasteiger partial charge in [-0.1, -0.05) is 6.07 Å². The lowest BCUT2D eigenvalue weighted by molar-refractivity contribution is 0.0515. The molecule has 0 aliphatic rings. The normalized spacial score (nSPS) is 10.1. The summed E-state index contributed by atoms with van der Waals surface area (Å²) < 4.78 is 15.7. The van der Waals surface area contributed by atoms with Crippen LogP contribution in [-0.2, 0) is 4.74 Å². The summed E-state index contributed by atoms with van der Waals surface area (Å²) in [6.07, 6.45) is 0. The molecule has 7 heteroatoms. The Labute approximate surface area is 151 Å². The standard InChI is InChI=1S/C19H21NO6/c1-4-25-16-11-12(9-10-15(16)24-3)20-14-8-6-7-13(17(14)18(21)22)19(23)26-5-2/h6-11,20H,4-5H2,1-3H3,(H,21,22). The monoisotopic (exact) mass is 359 g/mol. The Morgan fingerprint density at radius 1 is 1.08 bits per heavy atom. The zero-order chi connectivity index (χ0) is 19.1. The molecule has 2 N–H and O–H groups in total. The number of hydrogen-bond acceptors (Lipinski definition) is 6. The predicted molar refractivity (Wildman–Crippen MR) is 96.8 cm³/mol. The van der Waals surface area contributed by atoms with Crippen LogP contribution in [0.5, 0.6) is 11.5 Å². The van der Waals surface area contributed by atoms with Gasteiger partial charge in [0.25, 0.3) is 0 Å². The Morgan fingerprint density at radius 3 is 2.46 bits per heavy atom. The number of hydrogen-bond donors (Lipinski definition) is 2. The molecule has 0 saturated carbocycles. The van der Waals surface area contributed by atoms with E-state index in [2.05, 4.69) is 5.32 Å². The zero-order valence-electron chi connectivity index (χ0n) is 14.9. The third-order valence-electron chi connectivity index (χ3n) is 3.52. The van der Waals surface area contributed by atoms with Crippen molar-refractivity contribution < 1.29 is 28.9 Å². The molecule has 0 bridgehead atoms. The molecule has 0 aliphatic heterocycles. The van der Waals surface area contributed by atoms with Crippen molar-refractivity contribution in [1.82, 2.24) is 0 Å². The smallest absolute Gasteiger partial charge is 0.339 e. The van der Waals surface area contributed by atoms with E-state index in [9.17, 15) is 14.7 Å². The van der Waals surface area contributed by atoms with Gasteiger partial charge in [0.1, 0.15) is 0 Å². The maximum atomic E-state index is 12.0. The molecule has 7 nitrogen and oxygen atoms in total. The fourth-order valence-electron chi connectivity index (χ4n) is 2.44. The first-order chi connectivity index (χ1) is 12.5. The van der Waals surface area contributed by atoms with E-state index in [0.717, 1.165) is 0 Å². The van der Waals surface area contributed by atoms with Crippen LogP contribution in [0.15, 0.2) is 36.4 Å². The highest BCUT2D eigenvalue weighted by atomic mass is 16.5. The first-order valence-electron chi connectivity index (χ1n) is 8.13. The Balaban J connectivity index is 2.43. The predicted octanol–water partition coefficient (Wildman–Crippen LogP) is 3.71. The first kappa shape index (κ1) is 19.1. The summed E-state index contributed by atoms with van der Waals surface area (Å²) in [5, 5.41) is 12.6. The lowest BCUT2D eigenvalue weighted by Crippen LogP contribution is -2.13. The Kier molecular flexibility index (Phi) is 6.43. The van der Waals surface area contributed by atoms with Crippen LogP contribution >= 0.6 is 0 Å². The van der Waals surface area contributed by atoms with E-state index < -0.39 is 11.9 Å². The Morgan fingerprint density at radius 2 is 1.85 bits per heavy atom. The van der Waals surface area contributed by atoms with Crippen molar-refractivity contribution in [1.29, 1.82) is 0 Å². The second kappa shape index (κ2) is 8.75. The van der Waals surface area contributed by atoms with Gasteiger partial charge in [-0.05, 0) is 38.1 Å². The molecule has 2 aromatic carbocycles. The highest BCUT2D eigenvalue weighted by Crippen LogP contribution is 2.32. The summed E-state index contributed by atoms with van der Waals surface area (Å²) in [4.78, 5) is 23.8. The molecule has 0 atom stereocenters.